The summed E-state index contributed by atoms with van der Waals surface area (Å²) in [5.41, 5.74) is 4.48. The van der Waals surface area contributed by atoms with Gasteiger partial charge in [-0.1, -0.05) is 49.8 Å². The molecule has 0 saturated carbocycles. The largest absolute Gasteiger partial charge is 0.508 e. The van der Waals surface area contributed by atoms with E-state index in [-0.39, 0.29) is 22.9 Å². The van der Waals surface area contributed by atoms with Gasteiger partial charge in [-0.15, -0.1) is 0 Å². The fourth-order valence-electron chi connectivity index (χ4n) is 3.36. The lowest BCUT2D eigenvalue weighted by Crippen LogP contribution is -2.24. The van der Waals surface area contributed by atoms with Gasteiger partial charge in [0.15, 0.2) is 5.78 Å². The van der Waals surface area contributed by atoms with Gasteiger partial charge in [0, 0.05) is 18.2 Å². The van der Waals surface area contributed by atoms with Gasteiger partial charge in [-0.25, -0.2) is 0 Å². The molecule has 1 aromatic rings. The van der Waals surface area contributed by atoms with Crippen molar-refractivity contribution in [1.82, 2.24) is 0 Å². The summed E-state index contributed by atoms with van der Waals surface area (Å²) in [7, 11) is 0. The van der Waals surface area contributed by atoms with Gasteiger partial charge in [-0.3, -0.25) is 9.59 Å². The summed E-state index contributed by atoms with van der Waals surface area (Å²) in [4.78, 5) is 24.1. The molecule has 0 unspecified atom stereocenters. The van der Waals surface area contributed by atoms with E-state index in [0.717, 1.165) is 28.7 Å². The number of amides is 1. The Kier molecular flexibility index (Phi) is 7.76. The number of hydrogen-bond acceptors (Lipinski definition) is 3. The van der Waals surface area contributed by atoms with Crippen LogP contribution in [0.25, 0.3) is 0 Å². The van der Waals surface area contributed by atoms with E-state index < -0.39 is 0 Å². The SMILES string of the molecule is CC1=C(\C=C/C(C)=C/C=C\C(C)=C/C(=O)Nc2ccc(O)cc2)C(C)(C)CCC1=O. The highest BCUT2D eigenvalue weighted by molar-refractivity contribution is 6.00. The third kappa shape index (κ3) is 6.73. The molecule has 0 fully saturated rings. The van der Waals surface area contributed by atoms with Crippen molar-refractivity contribution >= 4 is 17.4 Å². The number of carbonyl (C=O) groups is 2. The number of rotatable bonds is 6. The zero-order chi connectivity index (χ0) is 22.3. The molecule has 2 N–H and O–H groups in total. The Bertz CT molecular complexity index is 954. The van der Waals surface area contributed by atoms with Crippen LogP contribution in [0.1, 0.15) is 47.5 Å². The summed E-state index contributed by atoms with van der Waals surface area (Å²) in [6.07, 6.45) is 12.8. The number of ketones is 1. The first kappa shape index (κ1) is 23.1. The molecule has 30 heavy (non-hydrogen) atoms. The summed E-state index contributed by atoms with van der Waals surface area (Å²) < 4.78 is 0. The molecule has 2 rings (SSSR count). The van der Waals surface area contributed by atoms with Gasteiger partial charge in [0.05, 0.1) is 0 Å². The van der Waals surface area contributed by atoms with Crippen LogP contribution in [0, 0.1) is 5.41 Å². The van der Waals surface area contributed by atoms with Crippen LogP contribution in [0.4, 0.5) is 5.69 Å². The lowest BCUT2D eigenvalue weighted by Gasteiger charge is -2.32. The molecule has 4 nitrogen and oxygen atoms in total. The highest BCUT2D eigenvalue weighted by atomic mass is 16.3. The number of benzene rings is 1. The molecule has 0 heterocycles. The first-order valence-electron chi connectivity index (χ1n) is 10.1. The molecule has 0 radical (unpaired) electrons. The molecule has 1 aromatic carbocycles. The molecule has 0 aromatic heterocycles. The van der Waals surface area contributed by atoms with E-state index in [9.17, 15) is 14.7 Å². The van der Waals surface area contributed by atoms with Gasteiger partial charge in [-0.2, -0.15) is 0 Å². The third-order valence-corrected chi connectivity index (χ3v) is 5.25. The van der Waals surface area contributed by atoms with Crippen molar-refractivity contribution in [3.8, 4) is 5.75 Å². The number of phenols is 1. The minimum Gasteiger partial charge on any atom is -0.508 e. The molecule has 1 aliphatic carbocycles. The van der Waals surface area contributed by atoms with Gasteiger partial charge in [0.25, 0.3) is 0 Å². The molecule has 0 aliphatic heterocycles. The van der Waals surface area contributed by atoms with Crippen molar-refractivity contribution in [1.29, 1.82) is 0 Å². The number of carbonyl (C=O) groups excluding carboxylic acids is 2. The maximum atomic E-state index is 12.1. The molecule has 1 aliphatic rings. The first-order valence-corrected chi connectivity index (χ1v) is 10.1. The topological polar surface area (TPSA) is 66.4 Å². The standard InChI is InChI=1S/C26H31NO3/c1-18(9-14-23-20(3)24(29)15-16-26(23,4)5)7-6-8-19(2)17-25(30)27-21-10-12-22(28)13-11-21/h6-14,17,28H,15-16H2,1-5H3,(H,27,30)/b8-6-,14-9-,18-7+,19-17-. The van der Waals surface area contributed by atoms with E-state index in [4.69, 9.17) is 0 Å². The van der Waals surface area contributed by atoms with Crippen molar-refractivity contribution in [3.63, 3.8) is 0 Å². The second-order valence-corrected chi connectivity index (χ2v) is 8.37. The molecular formula is C26H31NO3. The highest BCUT2D eigenvalue weighted by Gasteiger charge is 2.30. The maximum absolute atomic E-state index is 12.1. The third-order valence-electron chi connectivity index (χ3n) is 5.25. The normalized spacial score (nSPS) is 17.8. The average molecular weight is 406 g/mol. The number of anilines is 1. The zero-order valence-corrected chi connectivity index (χ0v) is 18.5. The van der Waals surface area contributed by atoms with Crippen molar-refractivity contribution in [2.45, 2.75) is 47.5 Å². The number of Topliss-reactive ketones (excluding diaryl/α,β-unsaturated/α-hetero) is 1. The molecule has 0 spiro atoms. The van der Waals surface area contributed by atoms with Crippen molar-refractivity contribution < 1.29 is 14.7 Å². The molecular weight excluding hydrogens is 374 g/mol. The smallest absolute Gasteiger partial charge is 0.248 e. The van der Waals surface area contributed by atoms with Gasteiger partial charge < -0.3 is 10.4 Å². The van der Waals surface area contributed by atoms with Crippen LogP contribution in [0.2, 0.25) is 0 Å². The molecule has 0 atom stereocenters. The second-order valence-electron chi connectivity index (χ2n) is 8.37. The Morgan fingerprint density at radius 1 is 1.10 bits per heavy atom. The van der Waals surface area contributed by atoms with Crippen LogP contribution >= 0.6 is 0 Å². The summed E-state index contributed by atoms with van der Waals surface area (Å²) in [5, 5.41) is 12.0. The van der Waals surface area contributed by atoms with Crippen LogP contribution < -0.4 is 5.32 Å². The maximum Gasteiger partial charge on any atom is 0.248 e. The second kappa shape index (κ2) is 10.1. The number of phenolic OH excluding ortho intramolecular Hbond substituents is 1. The lowest BCUT2D eigenvalue weighted by molar-refractivity contribution is -0.116. The summed E-state index contributed by atoms with van der Waals surface area (Å²) in [6.45, 7) is 10.1. The van der Waals surface area contributed by atoms with Crippen molar-refractivity contribution in [2.75, 3.05) is 5.32 Å². The van der Waals surface area contributed by atoms with Gasteiger partial charge in [0.2, 0.25) is 5.91 Å². The van der Waals surface area contributed by atoms with E-state index in [1.54, 1.807) is 12.1 Å². The lowest BCUT2D eigenvalue weighted by atomic mass is 9.72. The number of nitrogens with one attached hydrogen (secondary N) is 1. The van der Waals surface area contributed by atoms with E-state index in [0.29, 0.717) is 12.1 Å². The average Bonchev–Trinajstić information content (AvgIpc) is 2.66. The fraction of sp³-hybridized carbons (Fsp3) is 0.308. The Balaban J connectivity index is 1.99. The van der Waals surface area contributed by atoms with Gasteiger partial charge in [-0.05, 0) is 73.6 Å². The van der Waals surface area contributed by atoms with E-state index in [2.05, 4.69) is 25.2 Å². The minimum absolute atomic E-state index is 0.00873. The Hall–Kier alpha value is -3.14. The minimum atomic E-state index is -0.227. The van der Waals surface area contributed by atoms with Gasteiger partial charge >= 0.3 is 0 Å². The summed E-state index contributed by atoms with van der Waals surface area (Å²) in [5.74, 6) is 0.167. The number of aromatic hydroxyl groups is 1. The summed E-state index contributed by atoms with van der Waals surface area (Å²) >= 11 is 0. The number of allylic oxidation sites excluding steroid dienone is 9. The van der Waals surface area contributed by atoms with E-state index in [1.807, 2.05) is 45.1 Å². The van der Waals surface area contributed by atoms with Crippen LogP contribution in [0.15, 0.2) is 83.0 Å². The zero-order valence-electron chi connectivity index (χ0n) is 18.5. The van der Waals surface area contributed by atoms with Crippen molar-refractivity contribution in [3.05, 3.63) is 83.0 Å². The van der Waals surface area contributed by atoms with Crippen LogP contribution in [0.3, 0.4) is 0 Å². The Labute approximate surface area is 179 Å². The predicted octanol–water partition coefficient (Wildman–Crippen LogP) is 6.04. The Morgan fingerprint density at radius 2 is 1.77 bits per heavy atom. The first-order chi connectivity index (χ1) is 14.1. The van der Waals surface area contributed by atoms with Gasteiger partial charge in [0.1, 0.15) is 5.75 Å². The van der Waals surface area contributed by atoms with E-state index in [1.165, 1.54) is 18.2 Å². The molecule has 158 valence electrons. The van der Waals surface area contributed by atoms with Crippen LogP contribution in [-0.4, -0.2) is 16.8 Å². The molecule has 4 heteroatoms. The molecule has 1 amide bonds. The van der Waals surface area contributed by atoms with Crippen molar-refractivity contribution in [2.24, 2.45) is 5.41 Å². The molecule has 0 saturated heterocycles. The molecule has 0 bridgehead atoms. The van der Waals surface area contributed by atoms with Crippen LogP contribution in [0.5, 0.6) is 5.75 Å². The highest BCUT2D eigenvalue weighted by Crippen LogP contribution is 2.39. The fourth-order valence-corrected chi connectivity index (χ4v) is 3.36. The quantitative estimate of drug-likeness (QED) is 0.344. The number of hydrogen-bond donors (Lipinski definition) is 2. The predicted molar refractivity (Wildman–Crippen MR) is 123 cm³/mol. The van der Waals surface area contributed by atoms with Crippen LogP contribution in [-0.2, 0) is 9.59 Å². The van der Waals surface area contributed by atoms with E-state index >= 15 is 0 Å². The summed E-state index contributed by atoms with van der Waals surface area (Å²) in [6, 6.07) is 6.33. The Morgan fingerprint density at radius 3 is 2.43 bits per heavy atom. The monoisotopic (exact) mass is 405 g/mol.